The van der Waals surface area contributed by atoms with Crippen molar-refractivity contribution >= 4 is 17.5 Å². The second-order valence-corrected chi connectivity index (χ2v) is 5.44. The minimum Gasteiger partial charge on any atom is -0.463 e. The second-order valence-electron chi connectivity index (χ2n) is 5.44. The highest BCUT2D eigenvalue weighted by molar-refractivity contribution is 6.04. The number of carbonyl (C=O) groups excluding carboxylic acids is 2. The van der Waals surface area contributed by atoms with Crippen molar-refractivity contribution < 1.29 is 19.1 Å². The second kappa shape index (κ2) is 7.13. The zero-order valence-corrected chi connectivity index (χ0v) is 13.4. The lowest BCUT2D eigenvalue weighted by Gasteiger charge is -2.28. The first-order valence-electron chi connectivity index (χ1n) is 7.90. The number of carbonyl (C=O) groups is 2. The molecule has 0 spiro atoms. The van der Waals surface area contributed by atoms with Crippen molar-refractivity contribution in [3.05, 3.63) is 77.4 Å². The monoisotopic (exact) mass is 322 g/mol. The van der Waals surface area contributed by atoms with E-state index in [-0.39, 0.29) is 19.0 Å². The first-order valence-corrected chi connectivity index (χ1v) is 7.90. The van der Waals surface area contributed by atoms with Crippen molar-refractivity contribution in [1.29, 1.82) is 0 Å². The molecule has 2 aromatic rings. The topological polar surface area (TPSA) is 52.6 Å². The Morgan fingerprint density at radius 3 is 2.33 bits per heavy atom. The molecule has 2 aromatic carbocycles. The average Bonchev–Trinajstić information content (AvgIpc) is 2.62. The summed E-state index contributed by atoms with van der Waals surface area (Å²) < 4.78 is 10.7. The van der Waals surface area contributed by atoms with Crippen LogP contribution in [0.3, 0.4) is 0 Å². The zero-order valence-electron chi connectivity index (χ0n) is 13.4. The Morgan fingerprint density at radius 1 is 1.08 bits per heavy atom. The largest absolute Gasteiger partial charge is 0.463 e. The summed E-state index contributed by atoms with van der Waals surface area (Å²) in [6, 6.07) is 18.7. The minimum atomic E-state index is -0.748. The van der Waals surface area contributed by atoms with Crippen molar-refractivity contribution in [2.75, 3.05) is 6.61 Å². The molecule has 0 aliphatic carbocycles. The van der Waals surface area contributed by atoms with Crippen LogP contribution in [0.1, 0.15) is 30.6 Å². The van der Waals surface area contributed by atoms with Crippen molar-refractivity contribution in [3.63, 3.8) is 0 Å². The number of cyclic esters (lactones) is 1. The van der Waals surface area contributed by atoms with Gasteiger partial charge < -0.3 is 9.47 Å². The fourth-order valence-electron chi connectivity index (χ4n) is 2.83. The Bertz CT molecular complexity index is 763. The van der Waals surface area contributed by atoms with Gasteiger partial charge in [-0.05, 0) is 23.6 Å². The summed E-state index contributed by atoms with van der Waals surface area (Å²) >= 11 is 0. The summed E-state index contributed by atoms with van der Waals surface area (Å²) in [5.41, 5.74) is 2.65. The third-order valence-corrected chi connectivity index (χ3v) is 3.88. The van der Waals surface area contributed by atoms with Gasteiger partial charge >= 0.3 is 11.9 Å². The molecule has 1 aliphatic heterocycles. The highest BCUT2D eigenvalue weighted by Gasteiger charge is 2.35. The van der Waals surface area contributed by atoms with Crippen molar-refractivity contribution in [2.45, 2.75) is 19.4 Å². The first-order chi connectivity index (χ1) is 11.7. The Balaban J connectivity index is 2.16. The first kappa shape index (κ1) is 16.0. The van der Waals surface area contributed by atoms with Gasteiger partial charge in [0.2, 0.25) is 0 Å². The summed E-state index contributed by atoms with van der Waals surface area (Å²) in [5.74, 6) is -0.798. The van der Waals surface area contributed by atoms with E-state index in [9.17, 15) is 9.59 Å². The van der Waals surface area contributed by atoms with Gasteiger partial charge in [-0.15, -0.1) is 0 Å². The van der Waals surface area contributed by atoms with Crippen LogP contribution in [0, 0.1) is 0 Å². The molecular weight excluding hydrogens is 304 g/mol. The molecule has 0 saturated heterocycles. The SMILES string of the molecule is CCOC(=O)C1=C(c2ccccc2)CC(=O)OC1c1ccccc1. The molecule has 1 aliphatic rings. The summed E-state index contributed by atoms with van der Waals surface area (Å²) in [6.45, 7) is 2.02. The lowest BCUT2D eigenvalue weighted by Crippen LogP contribution is -2.26. The zero-order chi connectivity index (χ0) is 16.9. The van der Waals surface area contributed by atoms with Crippen LogP contribution in [-0.2, 0) is 19.1 Å². The number of ether oxygens (including phenoxy) is 2. The maximum Gasteiger partial charge on any atom is 0.338 e. The fourth-order valence-corrected chi connectivity index (χ4v) is 2.83. The predicted molar refractivity (Wildman–Crippen MR) is 89.9 cm³/mol. The Morgan fingerprint density at radius 2 is 1.71 bits per heavy atom. The summed E-state index contributed by atoms with van der Waals surface area (Å²) in [7, 11) is 0. The molecule has 0 N–H and O–H groups in total. The highest BCUT2D eigenvalue weighted by atomic mass is 16.6. The van der Waals surface area contributed by atoms with E-state index in [0.717, 1.165) is 11.1 Å². The van der Waals surface area contributed by atoms with Gasteiger partial charge in [-0.1, -0.05) is 60.7 Å². The van der Waals surface area contributed by atoms with Crippen molar-refractivity contribution in [3.8, 4) is 0 Å². The predicted octanol–water partition coefficient (Wildman–Crippen LogP) is 3.69. The van der Waals surface area contributed by atoms with Crippen LogP contribution in [0.25, 0.3) is 5.57 Å². The minimum absolute atomic E-state index is 0.0570. The fraction of sp³-hybridized carbons (Fsp3) is 0.200. The molecule has 1 atom stereocenters. The standard InChI is InChI=1S/C20H18O4/c1-2-23-20(22)18-16(14-9-5-3-6-10-14)13-17(21)24-19(18)15-11-7-4-8-12-15/h3-12,19H,2,13H2,1H3. The van der Waals surface area contributed by atoms with Crippen molar-refractivity contribution in [2.24, 2.45) is 0 Å². The number of hydrogen-bond acceptors (Lipinski definition) is 4. The lowest BCUT2D eigenvalue weighted by atomic mass is 9.88. The van der Waals surface area contributed by atoms with Gasteiger partial charge in [-0.25, -0.2) is 4.79 Å². The van der Waals surface area contributed by atoms with Crippen LogP contribution in [-0.4, -0.2) is 18.5 Å². The van der Waals surface area contributed by atoms with E-state index >= 15 is 0 Å². The molecule has 0 aromatic heterocycles. The lowest BCUT2D eigenvalue weighted by molar-refractivity contribution is -0.150. The maximum atomic E-state index is 12.6. The van der Waals surface area contributed by atoms with Crippen LogP contribution in [0.5, 0.6) is 0 Å². The van der Waals surface area contributed by atoms with E-state index in [1.54, 1.807) is 6.92 Å². The molecular formula is C20H18O4. The molecule has 0 saturated carbocycles. The van der Waals surface area contributed by atoms with Crippen LogP contribution in [0.15, 0.2) is 66.2 Å². The third kappa shape index (κ3) is 3.23. The van der Waals surface area contributed by atoms with E-state index in [4.69, 9.17) is 9.47 Å². The average molecular weight is 322 g/mol. The van der Waals surface area contributed by atoms with Crippen LogP contribution < -0.4 is 0 Å². The maximum absolute atomic E-state index is 12.6. The van der Waals surface area contributed by atoms with Crippen LogP contribution in [0.4, 0.5) is 0 Å². The Labute approximate surface area is 140 Å². The van der Waals surface area contributed by atoms with E-state index in [2.05, 4.69) is 0 Å². The van der Waals surface area contributed by atoms with Gasteiger partial charge in [0.15, 0.2) is 6.10 Å². The summed E-state index contributed by atoms with van der Waals surface area (Å²) in [5, 5.41) is 0. The molecule has 24 heavy (non-hydrogen) atoms. The Kier molecular flexibility index (Phi) is 4.75. The molecule has 1 unspecified atom stereocenters. The Hall–Kier alpha value is -2.88. The van der Waals surface area contributed by atoms with Gasteiger partial charge in [0.05, 0.1) is 18.6 Å². The van der Waals surface area contributed by atoms with E-state index in [1.165, 1.54) is 0 Å². The number of benzene rings is 2. The van der Waals surface area contributed by atoms with E-state index in [1.807, 2.05) is 60.7 Å². The van der Waals surface area contributed by atoms with E-state index < -0.39 is 12.1 Å². The number of hydrogen-bond donors (Lipinski definition) is 0. The smallest absolute Gasteiger partial charge is 0.338 e. The molecule has 4 nitrogen and oxygen atoms in total. The molecule has 3 rings (SSSR count). The molecule has 4 heteroatoms. The van der Waals surface area contributed by atoms with Gasteiger partial charge in [-0.2, -0.15) is 0 Å². The quantitative estimate of drug-likeness (QED) is 0.806. The van der Waals surface area contributed by atoms with E-state index in [0.29, 0.717) is 11.1 Å². The summed E-state index contributed by atoms with van der Waals surface area (Å²) in [6.07, 6.45) is -0.691. The molecule has 1 heterocycles. The van der Waals surface area contributed by atoms with Crippen LogP contribution in [0.2, 0.25) is 0 Å². The summed E-state index contributed by atoms with van der Waals surface area (Å²) in [4.78, 5) is 24.7. The molecule has 0 amide bonds. The van der Waals surface area contributed by atoms with Crippen LogP contribution >= 0.6 is 0 Å². The molecule has 0 bridgehead atoms. The number of rotatable bonds is 4. The third-order valence-electron chi connectivity index (χ3n) is 3.88. The normalized spacial score (nSPS) is 17.4. The van der Waals surface area contributed by atoms with Crippen molar-refractivity contribution in [1.82, 2.24) is 0 Å². The van der Waals surface area contributed by atoms with Gasteiger partial charge in [0.1, 0.15) is 0 Å². The molecule has 122 valence electrons. The van der Waals surface area contributed by atoms with Gasteiger partial charge in [-0.3, -0.25) is 4.79 Å². The molecule has 0 fully saturated rings. The molecule has 0 radical (unpaired) electrons. The highest BCUT2D eigenvalue weighted by Crippen LogP contribution is 2.39. The number of esters is 2. The van der Waals surface area contributed by atoms with Gasteiger partial charge in [0, 0.05) is 0 Å². The van der Waals surface area contributed by atoms with Gasteiger partial charge in [0.25, 0.3) is 0 Å².